The number of aromatic nitrogens is 2. The molecule has 3 N–H and O–H groups in total. The molecule has 106 valence electrons. The number of nitrogens with zero attached hydrogens (tertiary/aromatic N) is 2. The molecule has 0 aliphatic heterocycles. The summed E-state index contributed by atoms with van der Waals surface area (Å²) in [5.74, 6) is -0.226. The monoisotopic (exact) mass is 290 g/mol. The number of carbonyl (C=O) groups excluding carboxylic acids is 1. The smallest absolute Gasteiger partial charge is 0.255 e. The van der Waals surface area contributed by atoms with E-state index >= 15 is 0 Å². The van der Waals surface area contributed by atoms with E-state index in [1.165, 1.54) is 11.1 Å². The highest BCUT2D eigenvalue weighted by Crippen LogP contribution is 2.21. The van der Waals surface area contributed by atoms with Crippen LogP contribution < -0.4 is 11.1 Å². The molecule has 2 heterocycles. The highest BCUT2D eigenvalue weighted by atomic mass is 32.1. The Bertz CT molecular complexity index is 623. The van der Waals surface area contributed by atoms with Gasteiger partial charge >= 0.3 is 0 Å². The first-order valence-electron chi connectivity index (χ1n) is 6.48. The van der Waals surface area contributed by atoms with Gasteiger partial charge in [0.2, 0.25) is 0 Å². The Morgan fingerprint density at radius 1 is 1.45 bits per heavy atom. The molecule has 0 radical (unpaired) electrons. The van der Waals surface area contributed by atoms with Crippen molar-refractivity contribution in [3.8, 4) is 0 Å². The van der Waals surface area contributed by atoms with Crippen molar-refractivity contribution in [1.29, 1.82) is 0 Å². The summed E-state index contributed by atoms with van der Waals surface area (Å²) in [5, 5.41) is 3.80. The molecule has 0 aliphatic carbocycles. The van der Waals surface area contributed by atoms with Crippen molar-refractivity contribution in [2.75, 3.05) is 5.73 Å². The van der Waals surface area contributed by atoms with Gasteiger partial charge in [0.05, 0.1) is 11.6 Å². The Hall–Kier alpha value is -1.95. The minimum absolute atomic E-state index is 0.145. The van der Waals surface area contributed by atoms with E-state index < -0.39 is 0 Å². The maximum atomic E-state index is 12.2. The summed E-state index contributed by atoms with van der Waals surface area (Å²) in [4.78, 5) is 21.8. The van der Waals surface area contributed by atoms with Crippen molar-refractivity contribution in [1.82, 2.24) is 15.3 Å². The van der Waals surface area contributed by atoms with E-state index in [4.69, 9.17) is 5.73 Å². The molecule has 6 heteroatoms. The molecule has 0 aromatic carbocycles. The number of nitrogens with two attached hydrogens (primary N) is 1. The van der Waals surface area contributed by atoms with Crippen molar-refractivity contribution in [3.63, 3.8) is 0 Å². The minimum Gasteiger partial charge on any atom is -0.398 e. The number of aryl methyl sites for hydroxylation is 2. The Balaban J connectivity index is 2.10. The van der Waals surface area contributed by atoms with Gasteiger partial charge in [-0.3, -0.25) is 9.78 Å². The number of pyridine rings is 1. The molecule has 0 saturated heterocycles. The van der Waals surface area contributed by atoms with Crippen molar-refractivity contribution in [2.45, 2.75) is 33.2 Å². The molecule has 1 unspecified atom stereocenters. The summed E-state index contributed by atoms with van der Waals surface area (Å²) in [7, 11) is 0. The maximum Gasteiger partial charge on any atom is 0.255 e. The molecule has 0 bridgehead atoms. The van der Waals surface area contributed by atoms with Crippen LogP contribution >= 0.6 is 11.3 Å². The largest absolute Gasteiger partial charge is 0.398 e. The summed E-state index contributed by atoms with van der Waals surface area (Å²) in [5.41, 5.74) is 7.48. The van der Waals surface area contributed by atoms with Gasteiger partial charge in [-0.15, -0.1) is 11.3 Å². The molecule has 1 amide bonds. The standard InChI is InChI=1S/C14H18N4OS/c1-4-10-6-17-14(20-10)9(3)18-13(19)11-7-16-8(2)5-12(11)15/h5-7,9H,4H2,1-3H3,(H2,15,16)(H,18,19). The average molecular weight is 290 g/mol. The van der Waals surface area contributed by atoms with Gasteiger partial charge in [-0.2, -0.15) is 0 Å². The predicted octanol–water partition coefficient (Wildman–Crippen LogP) is 2.48. The second-order valence-electron chi connectivity index (χ2n) is 4.63. The van der Waals surface area contributed by atoms with Crippen LogP contribution in [0.2, 0.25) is 0 Å². The molecule has 2 aromatic heterocycles. The summed E-state index contributed by atoms with van der Waals surface area (Å²) < 4.78 is 0. The average Bonchev–Trinajstić information content (AvgIpc) is 2.87. The van der Waals surface area contributed by atoms with E-state index in [-0.39, 0.29) is 11.9 Å². The fourth-order valence-electron chi connectivity index (χ4n) is 1.79. The van der Waals surface area contributed by atoms with Crippen molar-refractivity contribution in [2.24, 2.45) is 0 Å². The number of anilines is 1. The van der Waals surface area contributed by atoms with E-state index in [2.05, 4.69) is 22.2 Å². The van der Waals surface area contributed by atoms with Gasteiger partial charge in [0.15, 0.2) is 0 Å². The number of hydrogen-bond acceptors (Lipinski definition) is 5. The first-order valence-corrected chi connectivity index (χ1v) is 7.30. The Morgan fingerprint density at radius 3 is 2.80 bits per heavy atom. The quantitative estimate of drug-likeness (QED) is 0.906. The Kier molecular flexibility index (Phi) is 4.34. The lowest BCUT2D eigenvalue weighted by atomic mass is 10.2. The second-order valence-corrected chi connectivity index (χ2v) is 5.77. The summed E-state index contributed by atoms with van der Waals surface area (Å²) in [6.07, 6.45) is 4.31. The molecule has 20 heavy (non-hydrogen) atoms. The van der Waals surface area contributed by atoms with Gasteiger partial charge in [0.1, 0.15) is 5.01 Å². The number of amides is 1. The summed E-state index contributed by atoms with van der Waals surface area (Å²) in [6, 6.07) is 1.55. The topological polar surface area (TPSA) is 80.9 Å². The second kappa shape index (κ2) is 6.00. The van der Waals surface area contributed by atoms with Crippen LogP contribution in [0.3, 0.4) is 0 Å². The highest BCUT2D eigenvalue weighted by Gasteiger charge is 2.16. The van der Waals surface area contributed by atoms with E-state index in [0.717, 1.165) is 17.1 Å². The van der Waals surface area contributed by atoms with Crippen LogP contribution in [0.5, 0.6) is 0 Å². The van der Waals surface area contributed by atoms with E-state index in [1.807, 2.05) is 20.0 Å². The third-order valence-corrected chi connectivity index (χ3v) is 4.28. The summed E-state index contributed by atoms with van der Waals surface area (Å²) >= 11 is 1.61. The van der Waals surface area contributed by atoms with Gasteiger partial charge < -0.3 is 11.1 Å². The first-order chi connectivity index (χ1) is 9.51. The molecule has 5 nitrogen and oxygen atoms in total. The van der Waals surface area contributed by atoms with E-state index in [0.29, 0.717) is 11.3 Å². The predicted molar refractivity (Wildman–Crippen MR) is 80.8 cm³/mol. The molecule has 2 rings (SSSR count). The third kappa shape index (κ3) is 3.14. The number of hydrogen-bond donors (Lipinski definition) is 2. The zero-order valence-electron chi connectivity index (χ0n) is 11.8. The molecular formula is C14H18N4OS. The molecule has 2 aromatic rings. The van der Waals surface area contributed by atoms with Crippen LogP contribution in [-0.4, -0.2) is 15.9 Å². The normalized spacial score (nSPS) is 12.2. The van der Waals surface area contributed by atoms with Crippen LogP contribution in [0.15, 0.2) is 18.5 Å². The molecule has 0 saturated carbocycles. The van der Waals surface area contributed by atoms with Gasteiger partial charge in [0, 0.05) is 28.7 Å². The van der Waals surface area contributed by atoms with Crippen LogP contribution in [0, 0.1) is 6.92 Å². The molecule has 1 atom stereocenters. The highest BCUT2D eigenvalue weighted by molar-refractivity contribution is 7.11. The third-order valence-electron chi connectivity index (χ3n) is 2.96. The number of nitrogens with one attached hydrogen (secondary N) is 1. The summed E-state index contributed by atoms with van der Waals surface area (Å²) in [6.45, 7) is 5.83. The number of carbonyl (C=O) groups is 1. The van der Waals surface area contributed by atoms with Gasteiger partial charge in [-0.05, 0) is 26.3 Å². The zero-order valence-corrected chi connectivity index (χ0v) is 12.6. The van der Waals surface area contributed by atoms with Crippen LogP contribution in [0.1, 0.15) is 45.8 Å². The minimum atomic E-state index is -0.226. The number of thiazole rings is 1. The fourth-order valence-corrected chi connectivity index (χ4v) is 2.65. The van der Waals surface area contributed by atoms with Gasteiger partial charge in [-0.25, -0.2) is 4.98 Å². The van der Waals surface area contributed by atoms with Crippen molar-refractivity contribution < 1.29 is 4.79 Å². The van der Waals surface area contributed by atoms with Crippen molar-refractivity contribution >= 4 is 22.9 Å². The molecular weight excluding hydrogens is 272 g/mol. The van der Waals surface area contributed by atoms with Crippen LogP contribution in [-0.2, 0) is 6.42 Å². The van der Waals surface area contributed by atoms with Gasteiger partial charge in [0.25, 0.3) is 5.91 Å². The maximum absolute atomic E-state index is 12.2. The van der Waals surface area contributed by atoms with Crippen LogP contribution in [0.25, 0.3) is 0 Å². The number of rotatable bonds is 4. The van der Waals surface area contributed by atoms with Gasteiger partial charge in [-0.1, -0.05) is 6.92 Å². The Labute approximate surface area is 122 Å². The Morgan fingerprint density at radius 2 is 2.20 bits per heavy atom. The SMILES string of the molecule is CCc1cnc(C(C)NC(=O)c2cnc(C)cc2N)s1. The molecule has 0 aliphatic rings. The number of nitrogen functional groups attached to an aromatic ring is 1. The molecule has 0 fully saturated rings. The van der Waals surface area contributed by atoms with Crippen molar-refractivity contribution in [3.05, 3.63) is 39.6 Å². The van der Waals surface area contributed by atoms with E-state index in [9.17, 15) is 4.79 Å². The van der Waals surface area contributed by atoms with Crippen LogP contribution in [0.4, 0.5) is 5.69 Å². The lowest BCUT2D eigenvalue weighted by Gasteiger charge is -2.12. The lowest BCUT2D eigenvalue weighted by molar-refractivity contribution is 0.0940. The molecule has 0 spiro atoms. The fraction of sp³-hybridized carbons (Fsp3) is 0.357. The lowest BCUT2D eigenvalue weighted by Crippen LogP contribution is -2.27. The van der Waals surface area contributed by atoms with E-state index in [1.54, 1.807) is 17.4 Å². The first kappa shape index (κ1) is 14.5. The zero-order chi connectivity index (χ0) is 14.7.